The van der Waals surface area contributed by atoms with Crippen molar-refractivity contribution in [2.24, 2.45) is 11.1 Å². The molecule has 21 heavy (non-hydrogen) atoms. The number of halogens is 3. The lowest BCUT2D eigenvalue weighted by Gasteiger charge is -2.31. The van der Waals surface area contributed by atoms with Crippen LogP contribution in [0.4, 0.5) is 8.78 Å². The molecular weight excluding hydrogens is 298 g/mol. The Hall–Kier alpha value is -1.20. The van der Waals surface area contributed by atoms with Gasteiger partial charge in [0, 0.05) is 12.1 Å². The predicted molar refractivity (Wildman–Crippen MR) is 82.1 cm³/mol. The quantitative estimate of drug-likeness (QED) is 0.926. The molecule has 0 aliphatic rings. The van der Waals surface area contributed by atoms with Crippen LogP contribution in [0.15, 0.2) is 18.2 Å². The Bertz CT molecular complexity index is 469. The molecule has 1 atom stereocenters. The number of benzene rings is 1. The Morgan fingerprint density at radius 3 is 2.14 bits per heavy atom. The van der Waals surface area contributed by atoms with Crippen LogP contribution in [0.1, 0.15) is 33.3 Å². The fourth-order valence-corrected chi connectivity index (χ4v) is 1.79. The first-order valence-electron chi connectivity index (χ1n) is 6.65. The molecule has 0 fully saturated rings. The summed E-state index contributed by atoms with van der Waals surface area (Å²) in [6.45, 7) is 7.55. The van der Waals surface area contributed by atoms with Crippen LogP contribution in [-0.4, -0.2) is 23.4 Å². The molecule has 0 unspecified atom stereocenters. The Kier molecular flexibility index (Phi) is 7.27. The lowest BCUT2D eigenvalue weighted by molar-refractivity contribution is -0.135. The summed E-state index contributed by atoms with van der Waals surface area (Å²) in [7, 11) is 0. The van der Waals surface area contributed by atoms with E-state index in [0.29, 0.717) is 6.54 Å². The van der Waals surface area contributed by atoms with E-state index in [1.807, 2.05) is 20.8 Å². The molecule has 0 spiro atoms. The summed E-state index contributed by atoms with van der Waals surface area (Å²) in [5.74, 6) is -1.61. The maximum atomic E-state index is 13.6. The first-order chi connectivity index (χ1) is 9.18. The third kappa shape index (κ3) is 4.93. The van der Waals surface area contributed by atoms with Crippen LogP contribution < -0.4 is 5.73 Å². The van der Waals surface area contributed by atoms with Gasteiger partial charge in [-0.3, -0.25) is 4.79 Å². The number of likely N-dealkylation sites (N-methyl/N-ethyl adjacent to an activating group) is 1. The van der Waals surface area contributed by atoms with Gasteiger partial charge in [0.1, 0.15) is 11.6 Å². The summed E-state index contributed by atoms with van der Waals surface area (Å²) in [6, 6.07) is 2.95. The van der Waals surface area contributed by atoms with Gasteiger partial charge in [-0.25, -0.2) is 8.78 Å². The largest absolute Gasteiger partial charge is 0.337 e. The molecule has 6 heteroatoms. The van der Waals surface area contributed by atoms with Crippen LogP contribution in [0.2, 0.25) is 0 Å². The Labute approximate surface area is 130 Å². The van der Waals surface area contributed by atoms with Gasteiger partial charge in [-0.05, 0) is 24.5 Å². The molecule has 2 N–H and O–H groups in total. The fourth-order valence-electron chi connectivity index (χ4n) is 1.79. The van der Waals surface area contributed by atoms with E-state index in [9.17, 15) is 13.6 Å². The lowest BCUT2D eigenvalue weighted by atomic mass is 9.86. The Morgan fingerprint density at radius 1 is 1.29 bits per heavy atom. The minimum atomic E-state index is -0.711. The number of carbonyl (C=O) groups excluding carboxylic acids is 1. The average Bonchev–Trinajstić information content (AvgIpc) is 2.36. The van der Waals surface area contributed by atoms with E-state index in [0.717, 1.165) is 0 Å². The SMILES string of the molecule is CCN(Cc1c(F)cccc1F)C(=O)[C@@H](N)C(C)(C)C.Cl. The summed E-state index contributed by atoms with van der Waals surface area (Å²) in [6.07, 6.45) is 0. The number of hydrogen-bond donors (Lipinski definition) is 1. The molecule has 0 radical (unpaired) electrons. The van der Waals surface area contributed by atoms with Crippen molar-refractivity contribution < 1.29 is 13.6 Å². The van der Waals surface area contributed by atoms with Crippen molar-refractivity contribution in [3.05, 3.63) is 35.4 Å². The van der Waals surface area contributed by atoms with Crippen molar-refractivity contribution in [2.75, 3.05) is 6.54 Å². The summed E-state index contributed by atoms with van der Waals surface area (Å²) in [5, 5.41) is 0. The van der Waals surface area contributed by atoms with Crippen LogP contribution in [0.3, 0.4) is 0 Å². The zero-order chi connectivity index (χ0) is 15.5. The molecule has 0 saturated heterocycles. The summed E-state index contributed by atoms with van der Waals surface area (Å²) in [5.41, 5.74) is 5.41. The maximum Gasteiger partial charge on any atom is 0.240 e. The predicted octanol–water partition coefficient (Wildman–Crippen LogP) is 3.11. The second-order valence-electron chi connectivity index (χ2n) is 5.90. The first-order valence-corrected chi connectivity index (χ1v) is 6.65. The highest BCUT2D eigenvalue weighted by molar-refractivity contribution is 5.85. The number of rotatable bonds is 4. The topological polar surface area (TPSA) is 46.3 Å². The average molecular weight is 321 g/mol. The zero-order valence-corrected chi connectivity index (χ0v) is 13.6. The zero-order valence-electron chi connectivity index (χ0n) is 12.8. The molecule has 0 saturated carbocycles. The van der Waals surface area contributed by atoms with Crippen molar-refractivity contribution in [1.29, 1.82) is 0 Å². The van der Waals surface area contributed by atoms with Gasteiger partial charge in [-0.15, -0.1) is 12.4 Å². The highest BCUT2D eigenvalue weighted by Gasteiger charge is 2.31. The maximum absolute atomic E-state index is 13.6. The summed E-state index contributed by atoms with van der Waals surface area (Å²) < 4.78 is 27.3. The van der Waals surface area contributed by atoms with E-state index in [4.69, 9.17) is 5.73 Å². The van der Waals surface area contributed by atoms with E-state index in [1.54, 1.807) is 6.92 Å². The van der Waals surface area contributed by atoms with Crippen LogP contribution >= 0.6 is 12.4 Å². The van der Waals surface area contributed by atoms with Gasteiger partial charge < -0.3 is 10.6 Å². The van der Waals surface area contributed by atoms with Crippen molar-refractivity contribution >= 4 is 18.3 Å². The van der Waals surface area contributed by atoms with Gasteiger partial charge in [0.15, 0.2) is 0 Å². The molecular formula is C15H23ClF2N2O. The molecule has 0 aliphatic carbocycles. The fraction of sp³-hybridized carbons (Fsp3) is 0.533. The molecule has 0 aromatic heterocycles. The number of hydrogen-bond acceptors (Lipinski definition) is 2. The molecule has 1 aromatic carbocycles. The third-order valence-electron chi connectivity index (χ3n) is 3.30. The Morgan fingerprint density at radius 2 is 1.76 bits per heavy atom. The summed E-state index contributed by atoms with van der Waals surface area (Å²) >= 11 is 0. The van der Waals surface area contributed by atoms with Crippen molar-refractivity contribution in [2.45, 2.75) is 40.3 Å². The van der Waals surface area contributed by atoms with Gasteiger partial charge in [0.25, 0.3) is 0 Å². The van der Waals surface area contributed by atoms with E-state index in [1.165, 1.54) is 23.1 Å². The highest BCUT2D eigenvalue weighted by atomic mass is 35.5. The van der Waals surface area contributed by atoms with Crippen molar-refractivity contribution in [1.82, 2.24) is 4.90 Å². The van der Waals surface area contributed by atoms with Crippen molar-refractivity contribution in [3.63, 3.8) is 0 Å². The van der Waals surface area contributed by atoms with Gasteiger partial charge in [0.2, 0.25) is 5.91 Å². The number of carbonyl (C=O) groups is 1. The molecule has 1 aromatic rings. The molecule has 0 heterocycles. The van der Waals surface area contributed by atoms with Gasteiger partial charge >= 0.3 is 0 Å². The normalized spacial score (nSPS) is 12.5. The van der Waals surface area contributed by atoms with E-state index < -0.39 is 23.1 Å². The lowest BCUT2D eigenvalue weighted by Crippen LogP contribution is -2.50. The first kappa shape index (κ1) is 19.8. The number of amides is 1. The monoisotopic (exact) mass is 320 g/mol. The summed E-state index contributed by atoms with van der Waals surface area (Å²) in [4.78, 5) is 13.7. The van der Waals surface area contributed by atoms with Crippen LogP contribution in [0.25, 0.3) is 0 Å². The van der Waals surface area contributed by atoms with E-state index >= 15 is 0 Å². The smallest absolute Gasteiger partial charge is 0.240 e. The standard InChI is InChI=1S/C15H22F2N2O.ClH/c1-5-19(14(20)13(18)15(2,3)4)9-10-11(16)7-6-8-12(10)17;/h6-8,13H,5,9,18H2,1-4H3;1H/t13-;/m1./s1. The van der Waals surface area contributed by atoms with Gasteiger partial charge in [-0.2, -0.15) is 0 Å². The van der Waals surface area contributed by atoms with Crippen LogP contribution in [0.5, 0.6) is 0 Å². The van der Waals surface area contributed by atoms with Crippen LogP contribution in [-0.2, 0) is 11.3 Å². The van der Waals surface area contributed by atoms with E-state index in [2.05, 4.69) is 0 Å². The van der Waals surface area contributed by atoms with Gasteiger partial charge in [-0.1, -0.05) is 26.8 Å². The molecule has 1 rings (SSSR count). The second kappa shape index (κ2) is 7.71. The molecule has 1 amide bonds. The molecule has 0 aliphatic heterocycles. The molecule has 120 valence electrons. The Balaban J connectivity index is 0.00000400. The number of nitrogens with zero attached hydrogens (tertiary/aromatic N) is 1. The number of nitrogens with two attached hydrogens (primary N) is 1. The van der Waals surface area contributed by atoms with Crippen LogP contribution in [0, 0.1) is 17.0 Å². The van der Waals surface area contributed by atoms with E-state index in [-0.39, 0.29) is 30.4 Å². The second-order valence-corrected chi connectivity index (χ2v) is 5.90. The highest BCUT2D eigenvalue weighted by Crippen LogP contribution is 2.21. The minimum Gasteiger partial charge on any atom is -0.337 e. The van der Waals surface area contributed by atoms with Gasteiger partial charge in [0.05, 0.1) is 12.6 Å². The minimum absolute atomic E-state index is 0. The molecule has 0 bridgehead atoms. The van der Waals surface area contributed by atoms with Crippen molar-refractivity contribution in [3.8, 4) is 0 Å². The third-order valence-corrected chi connectivity index (χ3v) is 3.30. The molecule has 3 nitrogen and oxygen atoms in total.